The summed E-state index contributed by atoms with van der Waals surface area (Å²) in [5.74, 6) is -0.100. The van der Waals surface area contributed by atoms with Crippen LogP contribution in [-0.2, 0) is 75.8 Å². The van der Waals surface area contributed by atoms with Crippen molar-refractivity contribution in [1.82, 2.24) is 24.5 Å². The van der Waals surface area contributed by atoms with E-state index in [1.165, 1.54) is 113 Å². The Balaban J connectivity index is 0.000000153. The zero-order chi connectivity index (χ0) is 75.4. The largest absolute Gasteiger partial charge is 0.464 e. The Hall–Kier alpha value is -8.74. The third kappa shape index (κ3) is 23.4. The quantitative estimate of drug-likeness (QED) is 0.0365. The van der Waals surface area contributed by atoms with Crippen LogP contribution in [0, 0.1) is 0 Å². The average molecular weight is 1520 g/mol. The summed E-state index contributed by atoms with van der Waals surface area (Å²) in [6.07, 6.45) is 11.4. The molecule has 1 aliphatic carbocycles. The second kappa shape index (κ2) is 41.9. The molecular formula is C94H108N5O7S3+3. The molecule has 4 fully saturated rings. The van der Waals surface area contributed by atoms with Crippen molar-refractivity contribution in [2.75, 3.05) is 100.0 Å². The standard InChI is InChI=1S/C33H32NO4S.C31H38NO2S.C30H38N3OS/c1-34(31-21-23-38-33(31)36)24-26-12-16-27(17-13-26)32(35)37-22-20-25-14-18-30(19-15-25)39(28-8-4-2-5-9-28)29-10-6-3-7-11-29;1-25(24-34-28-16-14-27(15-17-28)32-20-22-33-23-21-32)26-12-18-31(19-13-26)35(29-8-4-2-5-9-29)30-10-6-3-7-11-30;1-31(30(34)32(2)24-25-33-21-10-5-11-22-33)23-20-26-16-18-29(19-17-26)35(27-12-6-3-7-13-27)28-14-8-4-9-15-28/h2-19,31H,20-24H2,1H3;2-13,18-19,25,27-28H,14-17,20-24H2,1H3;3-4,6-9,12-19H,5,10-11,20-25H2,1-2H3/q3*+1. The lowest BCUT2D eigenvalue weighted by Gasteiger charge is -2.38. The molecule has 4 aliphatic rings. The summed E-state index contributed by atoms with van der Waals surface area (Å²) < 4.78 is 22.5. The summed E-state index contributed by atoms with van der Waals surface area (Å²) in [5.41, 5.74) is 5.29. The third-order valence-corrected chi connectivity index (χ3v) is 27.6. The molecule has 566 valence electrons. The number of likely N-dealkylation sites (N-methyl/N-ethyl adjacent to an activating group) is 3. The maximum Gasteiger partial charge on any atom is 0.338 e. The van der Waals surface area contributed by atoms with E-state index in [0.717, 1.165) is 76.1 Å². The van der Waals surface area contributed by atoms with E-state index in [1.54, 1.807) is 12.1 Å². The molecule has 109 heavy (non-hydrogen) atoms. The van der Waals surface area contributed by atoms with Crippen molar-refractivity contribution in [3.63, 3.8) is 0 Å². The Morgan fingerprint density at radius 2 is 0.872 bits per heavy atom. The summed E-state index contributed by atoms with van der Waals surface area (Å²) in [6.45, 7) is 13.3. The van der Waals surface area contributed by atoms with Gasteiger partial charge in [-0.3, -0.25) is 14.6 Å². The van der Waals surface area contributed by atoms with Gasteiger partial charge in [-0.25, -0.2) is 9.59 Å². The zero-order valence-electron chi connectivity index (χ0n) is 63.9. The van der Waals surface area contributed by atoms with Crippen molar-refractivity contribution in [3.05, 3.63) is 307 Å². The number of carbonyl (C=O) groups is 3. The summed E-state index contributed by atoms with van der Waals surface area (Å²) >= 11 is 0. The lowest BCUT2D eigenvalue weighted by Crippen LogP contribution is -2.45. The highest BCUT2D eigenvalue weighted by Crippen LogP contribution is 2.36. The fraction of sp³-hybridized carbons (Fsp3) is 0.330. The van der Waals surface area contributed by atoms with E-state index < -0.39 is 0 Å². The minimum atomic E-state index is -0.333. The van der Waals surface area contributed by atoms with Gasteiger partial charge in [-0.05, 0) is 209 Å². The van der Waals surface area contributed by atoms with E-state index in [4.69, 9.17) is 18.9 Å². The predicted octanol–water partition coefficient (Wildman–Crippen LogP) is 18.3. The van der Waals surface area contributed by atoms with E-state index in [1.807, 2.05) is 60.1 Å². The van der Waals surface area contributed by atoms with Crippen LogP contribution in [0.2, 0.25) is 0 Å². The highest BCUT2D eigenvalue weighted by molar-refractivity contribution is 7.97. The second-order valence-electron chi connectivity index (χ2n) is 28.7. The van der Waals surface area contributed by atoms with Gasteiger partial charge >= 0.3 is 18.0 Å². The molecule has 0 spiro atoms. The summed E-state index contributed by atoms with van der Waals surface area (Å²) in [4.78, 5) is 59.9. The van der Waals surface area contributed by atoms with Crippen molar-refractivity contribution in [3.8, 4) is 0 Å². The van der Waals surface area contributed by atoms with Crippen molar-refractivity contribution in [1.29, 1.82) is 0 Å². The highest BCUT2D eigenvalue weighted by Gasteiger charge is 2.34. The number of carbonyl (C=O) groups excluding carboxylic acids is 3. The Morgan fingerprint density at radius 1 is 0.459 bits per heavy atom. The van der Waals surface area contributed by atoms with Gasteiger partial charge in [-0.1, -0.05) is 171 Å². The normalized spacial score (nSPS) is 17.0. The molecule has 14 rings (SSSR count). The minimum Gasteiger partial charge on any atom is -0.464 e. The van der Waals surface area contributed by atoms with Gasteiger partial charge in [0.25, 0.3) is 0 Å². The number of ether oxygens (including phenoxy) is 4. The number of urea groups is 1. The van der Waals surface area contributed by atoms with E-state index in [0.29, 0.717) is 50.2 Å². The maximum atomic E-state index is 12.8. The molecule has 10 aromatic carbocycles. The van der Waals surface area contributed by atoms with Crippen LogP contribution in [0.1, 0.15) is 96.8 Å². The molecule has 3 aliphatic heterocycles. The van der Waals surface area contributed by atoms with Gasteiger partial charge in [-0.15, -0.1) is 0 Å². The van der Waals surface area contributed by atoms with Crippen molar-refractivity contribution in [2.24, 2.45) is 0 Å². The maximum absolute atomic E-state index is 12.8. The average Bonchev–Trinajstić information content (AvgIpc) is 1.15. The van der Waals surface area contributed by atoms with E-state index in [2.05, 4.69) is 259 Å². The number of nitrogens with zero attached hydrogens (tertiary/aromatic N) is 5. The molecule has 15 heteroatoms. The summed E-state index contributed by atoms with van der Waals surface area (Å²) in [6, 6.07) is 99.2. The first-order valence-electron chi connectivity index (χ1n) is 39.0. The molecule has 1 saturated carbocycles. The van der Waals surface area contributed by atoms with Crippen molar-refractivity contribution in [2.45, 2.75) is 146 Å². The van der Waals surface area contributed by atoms with Crippen LogP contribution in [0.15, 0.2) is 323 Å². The van der Waals surface area contributed by atoms with Gasteiger partial charge in [0.1, 0.15) is 6.04 Å². The molecule has 3 heterocycles. The van der Waals surface area contributed by atoms with Crippen LogP contribution in [0.25, 0.3) is 0 Å². The number of hydrogen-bond acceptors (Lipinski definition) is 10. The van der Waals surface area contributed by atoms with Gasteiger partial charge in [-0.2, -0.15) is 0 Å². The summed E-state index contributed by atoms with van der Waals surface area (Å²) in [7, 11) is 5.35. The van der Waals surface area contributed by atoms with Gasteiger partial charge in [0.05, 0.1) is 77.4 Å². The number of piperidine rings is 1. The van der Waals surface area contributed by atoms with E-state index >= 15 is 0 Å². The second-order valence-corrected chi connectivity index (χ2v) is 34.8. The van der Waals surface area contributed by atoms with Gasteiger partial charge in [0, 0.05) is 78.2 Å². The first kappa shape index (κ1) is 79.8. The first-order chi connectivity index (χ1) is 53.5. The molecule has 0 aromatic heterocycles. The van der Waals surface area contributed by atoms with E-state index in [-0.39, 0.29) is 56.7 Å². The number of cyclic esters (lactones) is 1. The van der Waals surface area contributed by atoms with Gasteiger partial charge < -0.3 is 33.6 Å². The number of amides is 2. The predicted molar refractivity (Wildman–Crippen MR) is 443 cm³/mol. The molecule has 0 bridgehead atoms. The Labute approximate surface area is 656 Å². The number of esters is 2. The molecule has 0 radical (unpaired) electrons. The number of morpholine rings is 1. The van der Waals surface area contributed by atoms with Crippen LogP contribution in [0.4, 0.5) is 4.79 Å². The van der Waals surface area contributed by atoms with Crippen LogP contribution < -0.4 is 0 Å². The fourth-order valence-electron chi connectivity index (χ4n) is 14.6. The lowest BCUT2D eigenvalue weighted by atomic mass is 9.91. The minimum absolute atomic E-state index is 0.0926. The van der Waals surface area contributed by atoms with Gasteiger partial charge in [0.2, 0.25) is 0 Å². The van der Waals surface area contributed by atoms with Crippen molar-refractivity contribution >= 4 is 50.7 Å². The first-order valence-corrected chi connectivity index (χ1v) is 42.7. The Bertz CT molecular complexity index is 4190. The number of hydrogen-bond donors (Lipinski definition) is 0. The number of rotatable bonds is 27. The zero-order valence-corrected chi connectivity index (χ0v) is 66.4. The van der Waals surface area contributed by atoms with Gasteiger partial charge in [0.15, 0.2) is 44.1 Å². The molecule has 2 amide bonds. The fourth-order valence-corrected chi connectivity index (χ4v) is 20.9. The van der Waals surface area contributed by atoms with Crippen LogP contribution in [-0.4, -0.2) is 161 Å². The SMILES string of the molecule is CC(COC1CCC(N2CCOCC2)CC1)c1ccc([S+](c2ccccc2)c2ccccc2)cc1.CN(CCc1ccc([S+](c2ccccc2)c2ccccc2)cc1)C(=O)N(C)CCN1CCCCC1.CN(Cc1ccc(C(=O)OCCc2ccc([S+](c3ccccc3)c3ccccc3)cc2)cc1)C1CCOC1=O. The molecular weight excluding hydrogens is 1410 g/mol. The monoisotopic (exact) mass is 1510 g/mol. The molecule has 3 saturated heterocycles. The molecule has 2 unspecified atom stereocenters. The highest BCUT2D eigenvalue weighted by atomic mass is 32.2. The smallest absolute Gasteiger partial charge is 0.338 e. The molecule has 0 N–H and O–H groups in total. The van der Waals surface area contributed by atoms with E-state index in [9.17, 15) is 14.4 Å². The van der Waals surface area contributed by atoms with Crippen LogP contribution in [0.3, 0.4) is 0 Å². The lowest BCUT2D eigenvalue weighted by molar-refractivity contribution is -0.142. The topological polar surface area (TPSA) is 104 Å². The Morgan fingerprint density at radius 3 is 1.31 bits per heavy atom. The molecule has 12 nitrogen and oxygen atoms in total. The summed E-state index contributed by atoms with van der Waals surface area (Å²) in [5, 5.41) is 0. The molecule has 10 aromatic rings. The number of benzene rings is 10. The number of likely N-dealkylation sites (tertiary alicyclic amines) is 1. The van der Waals surface area contributed by atoms with Crippen LogP contribution >= 0.6 is 0 Å². The Kier molecular flexibility index (Phi) is 30.7. The van der Waals surface area contributed by atoms with Crippen LogP contribution in [0.5, 0.6) is 0 Å². The third-order valence-electron chi connectivity index (χ3n) is 20.9. The van der Waals surface area contributed by atoms with Crippen molar-refractivity contribution < 1.29 is 33.3 Å². The molecule has 2 atom stereocenters.